The number of allylic oxidation sites excluding steroid dienone is 1. The van der Waals surface area contributed by atoms with Gasteiger partial charge in [0, 0.05) is 10.5 Å². The van der Waals surface area contributed by atoms with Gasteiger partial charge in [0.2, 0.25) is 0 Å². The first kappa shape index (κ1) is 13.2. The number of hydrogen-bond donors (Lipinski definition) is 0. The zero-order valence-electron chi connectivity index (χ0n) is 10.5. The zero-order valence-corrected chi connectivity index (χ0v) is 11.4. The maximum Gasteiger partial charge on any atom is 0.0230 e. The molecule has 15 heavy (non-hydrogen) atoms. The molecule has 1 unspecified atom stereocenters. The maximum atomic E-state index is 2.46. The summed E-state index contributed by atoms with van der Waals surface area (Å²) in [7, 11) is 0. The van der Waals surface area contributed by atoms with Gasteiger partial charge in [-0.05, 0) is 31.6 Å². The molecule has 0 fully saturated rings. The largest absolute Gasteiger partial charge is 0.151 e. The summed E-state index contributed by atoms with van der Waals surface area (Å²) < 4.78 is 0. The van der Waals surface area contributed by atoms with Crippen molar-refractivity contribution in [1.82, 2.24) is 0 Å². The molecule has 1 heteroatoms. The van der Waals surface area contributed by atoms with Crippen molar-refractivity contribution in [2.75, 3.05) is 0 Å². The van der Waals surface area contributed by atoms with E-state index in [1.165, 1.54) is 38.5 Å². The van der Waals surface area contributed by atoms with Crippen LogP contribution in [0.15, 0.2) is 12.2 Å². The third-order valence-electron chi connectivity index (χ3n) is 3.15. The first-order valence-electron chi connectivity index (χ1n) is 6.60. The zero-order chi connectivity index (χ0) is 11.1. The van der Waals surface area contributed by atoms with Gasteiger partial charge in [0.1, 0.15) is 0 Å². The van der Waals surface area contributed by atoms with Gasteiger partial charge >= 0.3 is 0 Å². The van der Waals surface area contributed by atoms with Crippen LogP contribution in [0.25, 0.3) is 0 Å². The van der Waals surface area contributed by atoms with Gasteiger partial charge in [0.15, 0.2) is 0 Å². The molecule has 0 spiro atoms. The van der Waals surface area contributed by atoms with Crippen molar-refractivity contribution in [3.63, 3.8) is 0 Å². The summed E-state index contributed by atoms with van der Waals surface area (Å²) in [6.07, 6.45) is 13.1. The average molecular weight is 226 g/mol. The third-order valence-corrected chi connectivity index (χ3v) is 4.75. The number of thioether (sulfide) groups is 1. The molecular formula is C14H26S. The minimum Gasteiger partial charge on any atom is -0.151 e. The minimum absolute atomic E-state index is 0.810. The summed E-state index contributed by atoms with van der Waals surface area (Å²) >= 11 is 2.23. The smallest absolute Gasteiger partial charge is 0.0230 e. The van der Waals surface area contributed by atoms with Crippen LogP contribution in [0, 0.1) is 5.92 Å². The summed E-state index contributed by atoms with van der Waals surface area (Å²) in [5.74, 6) is 0.817. The van der Waals surface area contributed by atoms with Crippen molar-refractivity contribution in [2.45, 2.75) is 69.8 Å². The van der Waals surface area contributed by atoms with E-state index >= 15 is 0 Å². The van der Waals surface area contributed by atoms with Gasteiger partial charge in [-0.1, -0.05) is 45.8 Å². The monoisotopic (exact) mass is 226 g/mol. The predicted octanol–water partition coefficient (Wildman–Crippen LogP) is 5.04. The van der Waals surface area contributed by atoms with Crippen molar-refractivity contribution in [3.05, 3.63) is 12.2 Å². The number of rotatable bonds is 6. The second kappa shape index (κ2) is 7.38. The Kier molecular flexibility index (Phi) is 6.47. The van der Waals surface area contributed by atoms with E-state index in [1.807, 2.05) is 0 Å². The third kappa shape index (κ3) is 5.10. The Balaban J connectivity index is 2.33. The minimum atomic E-state index is 0.810. The molecular weight excluding hydrogens is 200 g/mol. The predicted molar refractivity (Wildman–Crippen MR) is 72.5 cm³/mol. The molecule has 0 saturated heterocycles. The Labute approximate surface area is 99.9 Å². The van der Waals surface area contributed by atoms with E-state index in [-0.39, 0.29) is 0 Å². The van der Waals surface area contributed by atoms with Crippen LogP contribution in [-0.4, -0.2) is 10.5 Å². The van der Waals surface area contributed by atoms with E-state index in [1.54, 1.807) is 0 Å². The van der Waals surface area contributed by atoms with Gasteiger partial charge in [0.25, 0.3) is 0 Å². The molecule has 0 N–H and O–H groups in total. The van der Waals surface area contributed by atoms with Crippen molar-refractivity contribution in [2.24, 2.45) is 5.92 Å². The fourth-order valence-corrected chi connectivity index (χ4v) is 3.91. The lowest BCUT2D eigenvalue weighted by molar-refractivity contribution is 0.587. The quantitative estimate of drug-likeness (QED) is 0.572. The highest BCUT2D eigenvalue weighted by molar-refractivity contribution is 8.00. The Morgan fingerprint density at radius 1 is 1.13 bits per heavy atom. The van der Waals surface area contributed by atoms with Gasteiger partial charge in [-0.3, -0.25) is 0 Å². The van der Waals surface area contributed by atoms with Crippen molar-refractivity contribution in [3.8, 4) is 0 Å². The lowest BCUT2D eigenvalue weighted by Crippen LogP contribution is -2.13. The summed E-state index contributed by atoms with van der Waals surface area (Å²) in [6.45, 7) is 6.94. The molecule has 0 aliphatic heterocycles. The molecule has 0 amide bonds. The lowest BCUT2D eigenvalue weighted by Gasteiger charge is -2.24. The van der Waals surface area contributed by atoms with E-state index in [2.05, 4.69) is 44.7 Å². The molecule has 0 heterocycles. The Hall–Kier alpha value is 0.0900. The summed E-state index contributed by atoms with van der Waals surface area (Å²) in [4.78, 5) is 0. The van der Waals surface area contributed by atoms with Gasteiger partial charge in [0.05, 0.1) is 0 Å². The molecule has 2 atom stereocenters. The highest BCUT2D eigenvalue weighted by Gasteiger charge is 2.17. The first-order valence-corrected chi connectivity index (χ1v) is 7.54. The van der Waals surface area contributed by atoms with Crippen LogP contribution in [0.5, 0.6) is 0 Å². The summed E-state index contributed by atoms with van der Waals surface area (Å²) in [5, 5.41) is 1.72. The van der Waals surface area contributed by atoms with Crippen LogP contribution in [-0.2, 0) is 0 Å². The molecule has 0 saturated carbocycles. The summed E-state index contributed by atoms with van der Waals surface area (Å²) in [6, 6.07) is 0. The standard InChI is InChI=1S/C14H26S/c1-4-6-13(7-5-2)15-14-10-8-12(3)9-11-14/h8,10,12-14H,4-7,9,11H2,1-3H3/t12-,14?/m1/s1. The van der Waals surface area contributed by atoms with Crippen LogP contribution in [0.3, 0.4) is 0 Å². The topological polar surface area (TPSA) is 0 Å². The van der Waals surface area contributed by atoms with Gasteiger partial charge in [-0.15, -0.1) is 0 Å². The molecule has 0 aromatic heterocycles. The summed E-state index contributed by atoms with van der Waals surface area (Å²) in [5.41, 5.74) is 0. The van der Waals surface area contributed by atoms with Crippen LogP contribution in [0.4, 0.5) is 0 Å². The highest BCUT2D eigenvalue weighted by atomic mass is 32.2. The SMILES string of the molecule is CCCC(CCC)SC1C=C[C@@H](C)CC1. The van der Waals surface area contributed by atoms with E-state index in [4.69, 9.17) is 0 Å². The fourth-order valence-electron chi connectivity index (χ4n) is 2.22. The van der Waals surface area contributed by atoms with Crippen LogP contribution >= 0.6 is 11.8 Å². The molecule has 88 valence electrons. The second-order valence-corrected chi connectivity index (χ2v) is 6.36. The molecule has 0 radical (unpaired) electrons. The van der Waals surface area contributed by atoms with E-state index in [9.17, 15) is 0 Å². The average Bonchev–Trinajstić information content (AvgIpc) is 2.22. The van der Waals surface area contributed by atoms with Crippen molar-refractivity contribution >= 4 is 11.8 Å². The van der Waals surface area contributed by atoms with Gasteiger partial charge in [-0.25, -0.2) is 0 Å². The Morgan fingerprint density at radius 2 is 1.80 bits per heavy atom. The normalized spacial score (nSPS) is 26.1. The van der Waals surface area contributed by atoms with Crippen molar-refractivity contribution in [1.29, 1.82) is 0 Å². The molecule has 1 aliphatic carbocycles. The van der Waals surface area contributed by atoms with Crippen molar-refractivity contribution < 1.29 is 0 Å². The van der Waals surface area contributed by atoms with Gasteiger partial charge < -0.3 is 0 Å². The molecule has 0 nitrogen and oxygen atoms in total. The molecule has 0 bridgehead atoms. The van der Waals surface area contributed by atoms with Crippen LogP contribution in [0.2, 0.25) is 0 Å². The lowest BCUT2D eigenvalue weighted by atomic mass is 9.98. The molecule has 0 aromatic carbocycles. The maximum absolute atomic E-state index is 2.46. The highest BCUT2D eigenvalue weighted by Crippen LogP contribution is 2.32. The van der Waals surface area contributed by atoms with E-state index in [0.29, 0.717) is 0 Å². The number of hydrogen-bond acceptors (Lipinski definition) is 1. The van der Waals surface area contributed by atoms with E-state index in [0.717, 1.165) is 16.4 Å². The van der Waals surface area contributed by atoms with Crippen LogP contribution in [0.1, 0.15) is 59.3 Å². The molecule has 0 aromatic rings. The van der Waals surface area contributed by atoms with E-state index < -0.39 is 0 Å². The van der Waals surface area contributed by atoms with Gasteiger partial charge in [-0.2, -0.15) is 11.8 Å². The Bertz CT molecular complexity index is 180. The van der Waals surface area contributed by atoms with Crippen LogP contribution < -0.4 is 0 Å². The molecule has 1 rings (SSSR count). The molecule has 1 aliphatic rings. The first-order chi connectivity index (χ1) is 7.26. The fraction of sp³-hybridized carbons (Fsp3) is 0.857. The Morgan fingerprint density at radius 3 is 2.27 bits per heavy atom. The second-order valence-electron chi connectivity index (χ2n) is 4.81.